The van der Waals surface area contributed by atoms with Crippen LogP contribution in [-0.4, -0.2) is 47.9 Å². The summed E-state index contributed by atoms with van der Waals surface area (Å²) in [5.41, 5.74) is -2.18. The minimum absolute atomic E-state index is 0.0144. The van der Waals surface area contributed by atoms with E-state index < -0.39 is 23.5 Å². The number of aliphatic hydroxyl groups is 1. The molecule has 1 aromatic rings. The minimum Gasteiger partial charge on any atom is -0.507 e. The number of allylic oxidation sites excluding steroid dienone is 1. The van der Waals surface area contributed by atoms with Crippen LogP contribution in [-0.2, 0) is 14.3 Å². The van der Waals surface area contributed by atoms with Gasteiger partial charge in [0.15, 0.2) is 0 Å². The highest BCUT2D eigenvalue weighted by molar-refractivity contribution is 6.18. The van der Waals surface area contributed by atoms with Crippen molar-refractivity contribution in [2.24, 2.45) is 0 Å². The summed E-state index contributed by atoms with van der Waals surface area (Å²) in [4.78, 5) is 25.3. The molecule has 3 rings (SSSR count). The fourth-order valence-electron chi connectivity index (χ4n) is 3.15. The Kier molecular flexibility index (Phi) is 3.52. The first-order valence-corrected chi connectivity index (χ1v) is 7.07. The average Bonchev–Trinajstić information content (AvgIpc) is 2.55. The molecular weight excluding hydrogens is 304 g/mol. The molecule has 7 nitrogen and oxygen atoms in total. The van der Waals surface area contributed by atoms with Crippen LogP contribution in [0.4, 0.5) is 0 Å². The maximum atomic E-state index is 12.9. The van der Waals surface area contributed by atoms with Gasteiger partial charge in [0.1, 0.15) is 28.9 Å². The van der Waals surface area contributed by atoms with Gasteiger partial charge in [-0.25, -0.2) is 4.79 Å². The summed E-state index contributed by atoms with van der Waals surface area (Å²) in [7, 11) is 2.52. The number of aromatic hydroxyl groups is 1. The number of phenolic OH excluding ortho intramolecular Hbond substituents is 1. The summed E-state index contributed by atoms with van der Waals surface area (Å²) < 4.78 is 15.7. The second-order valence-corrected chi connectivity index (χ2v) is 5.37. The fourth-order valence-corrected chi connectivity index (χ4v) is 3.15. The monoisotopic (exact) mass is 320 g/mol. The van der Waals surface area contributed by atoms with E-state index in [-0.39, 0.29) is 41.2 Å². The van der Waals surface area contributed by atoms with E-state index in [1.165, 1.54) is 25.3 Å². The number of carbonyl (C=O) groups is 2. The Labute approximate surface area is 132 Å². The first-order valence-electron chi connectivity index (χ1n) is 7.07. The van der Waals surface area contributed by atoms with Crippen molar-refractivity contribution in [2.75, 3.05) is 14.2 Å². The zero-order valence-electron chi connectivity index (χ0n) is 12.7. The minimum atomic E-state index is -1.99. The molecule has 0 amide bonds. The predicted molar refractivity (Wildman–Crippen MR) is 77.1 cm³/mol. The van der Waals surface area contributed by atoms with E-state index >= 15 is 0 Å². The Morgan fingerprint density at radius 1 is 1.39 bits per heavy atom. The Balaban J connectivity index is 2.34. The highest BCUT2D eigenvalue weighted by atomic mass is 16.6. The Bertz CT molecular complexity index is 721. The number of rotatable bonds is 2. The smallest absolute Gasteiger partial charge is 0.358 e. The summed E-state index contributed by atoms with van der Waals surface area (Å²) in [5.74, 6) is -1.53. The van der Waals surface area contributed by atoms with E-state index in [1.54, 1.807) is 0 Å². The first-order chi connectivity index (χ1) is 11.0. The van der Waals surface area contributed by atoms with Crippen LogP contribution >= 0.6 is 0 Å². The molecule has 0 aromatic heterocycles. The first kappa shape index (κ1) is 15.4. The molecule has 2 N–H and O–H groups in total. The third-order valence-corrected chi connectivity index (χ3v) is 4.23. The topological polar surface area (TPSA) is 102 Å². The molecule has 7 heteroatoms. The molecule has 0 saturated heterocycles. The SMILES string of the molecule is COC(=O)[C@@]12Oc3cccc(O)c3C(=O)C1=C(OC)CC[C@H]2O. The molecule has 1 aliphatic carbocycles. The summed E-state index contributed by atoms with van der Waals surface area (Å²) >= 11 is 0. The number of esters is 1. The van der Waals surface area contributed by atoms with Crippen molar-refractivity contribution in [3.63, 3.8) is 0 Å². The lowest BCUT2D eigenvalue weighted by Gasteiger charge is -2.43. The summed E-state index contributed by atoms with van der Waals surface area (Å²) in [6, 6.07) is 4.27. The van der Waals surface area contributed by atoms with E-state index in [0.717, 1.165) is 7.11 Å². The molecule has 1 aliphatic heterocycles. The van der Waals surface area contributed by atoms with Gasteiger partial charge in [0, 0.05) is 6.42 Å². The molecule has 0 saturated carbocycles. The van der Waals surface area contributed by atoms with Gasteiger partial charge in [0.05, 0.1) is 19.8 Å². The van der Waals surface area contributed by atoms with Crippen LogP contribution in [0.15, 0.2) is 29.5 Å². The van der Waals surface area contributed by atoms with E-state index in [9.17, 15) is 19.8 Å². The Hall–Kier alpha value is -2.54. The number of methoxy groups -OCH3 is 2. The Morgan fingerprint density at radius 2 is 2.13 bits per heavy atom. The number of Topliss-reactive ketones (excluding diaryl/α,β-unsaturated/α-hetero) is 1. The summed E-state index contributed by atoms with van der Waals surface area (Å²) in [6.45, 7) is 0. The number of hydrogen-bond donors (Lipinski definition) is 2. The summed E-state index contributed by atoms with van der Waals surface area (Å²) in [6.07, 6.45) is -0.837. The number of phenols is 1. The second kappa shape index (κ2) is 5.27. The highest BCUT2D eigenvalue weighted by Gasteiger charge is 2.61. The van der Waals surface area contributed by atoms with Gasteiger partial charge in [-0.3, -0.25) is 4.79 Å². The molecule has 122 valence electrons. The number of ether oxygens (including phenoxy) is 3. The molecule has 0 fully saturated rings. The van der Waals surface area contributed by atoms with Crippen LogP contribution in [0.3, 0.4) is 0 Å². The van der Waals surface area contributed by atoms with Crippen LogP contribution in [0.25, 0.3) is 0 Å². The van der Waals surface area contributed by atoms with Crippen LogP contribution in [0.2, 0.25) is 0 Å². The van der Waals surface area contributed by atoms with Gasteiger partial charge in [-0.1, -0.05) is 6.07 Å². The largest absolute Gasteiger partial charge is 0.507 e. The maximum absolute atomic E-state index is 12.9. The zero-order valence-corrected chi connectivity index (χ0v) is 12.7. The predicted octanol–water partition coefficient (Wildman–Crippen LogP) is 0.934. The van der Waals surface area contributed by atoms with Crippen molar-refractivity contribution >= 4 is 11.8 Å². The van der Waals surface area contributed by atoms with E-state index in [1.807, 2.05) is 0 Å². The lowest BCUT2D eigenvalue weighted by atomic mass is 9.74. The number of fused-ring (bicyclic) bond motifs is 2. The van der Waals surface area contributed by atoms with Crippen molar-refractivity contribution in [2.45, 2.75) is 24.5 Å². The Morgan fingerprint density at radius 3 is 2.78 bits per heavy atom. The summed E-state index contributed by atoms with van der Waals surface area (Å²) in [5, 5.41) is 20.4. The van der Waals surface area contributed by atoms with Crippen molar-refractivity contribution in [1.29, 1.82) is 0 Å². The van der Waals surface area contributed by atoms with Crippen molar-refractivity contribution in [1.82, 2.24) is 0 Å². The molecule has 0 radical (unpaired) electrons. The van der Waals surface area contributed by atoms with Gasteiger partial charge in [0.2, 0.25) is 5.78 Å². The number of benzene rings is 1. The standard InChI is InChI=1S/C16H16O7/c1-21-10-6-7-11(18)16(15(20)22-2)13(10)14(19)12-8(17)4-3-5-9(12)23-16/h3-5,11,17-18H,6-7H2,1-2H3/t11-,16+/m1/s1. The van der Waals surface area contributed by atoms with E-state index in [0.29, 0.717) is 0 Å². The molecule has 23 heavy (non-hydrogen) atoms. The lowest BCUT2D eigenvalue weighted by Crippen LogP contribution is -2.61. The van der Waals surface area contributed by atoms with Crippen molar-refractivity contribution in [3.05, 3.63) is 35.1 Å². The van der Waals surface area contributed by atoms with Crippen LogP contribution in [0.5, 0.6) is 11.5 Å². The molecule has 0 bridgehead atoms. The third kappa shape index (κ3) is 1.93. The molecular formula is C16H16O7. The number of ketones is 1. The molecule has 0 unspecified atom stereocenters. The second-order valence-electron chi connectivity index (χ2n) is 5.37. The molecule has 1 aromatic carbocycles. The van der Waals surface area contributed by atoms with Gasteiger partial charge in [-0.15, -0.1) is 0 Å². The molecule has 2 atom stereocenters. The van der Waals surface area contributed by atoms with E-state index in [2.05, 4.69) is 0 Å². The van der Waals surface area contributed by atoms with Crippen molar-refractivity contribution in [3.8, 4) is 11.5 Å². The lowest BCUT2D eigenvalue weighted by molar-refractivity contribution is -0.167. The number of aliphatic hydroxyl groups excluding tert-OH is 1. The quantitative estimate of drug-likeness (QED) is 0.782. The molecule has 0 spiro atoms. The maximum Gasteiger partial charge on any atom is 0.358 e. The van der Waals surface area contributed by atoms with Gasteiger partial charge in [-0.2, -0.15) is 0 Å². The molecule has 2 aliphatic rings. The van der Waals surface area contributed by atoms with Crippen LogP contribution in [0, 0.1) is 0 Å². The third-order valence-electron chi connectivity index (χ3n) is 4.23. The zero-order chi connectivity index (χ0) is 16.8. The van der Waals surface area contributed by atoms with Gasteiger partial charge in [-0.05, 0) is 18.6 Å². The van der Waals surface area contributed by atoms with Gasteiger partial charge >= 0.3 is 5.97 Å². The molecule has 1 heterocycles. The number of hydrogen-bond acceptors (Lipinski definition) is 7. The van der Waals surface area contributed by atoms with Crippen molar-refractivity contribution < 1.29 is 34.0 Å². The van der Waals surface area contributed by atoms with Crippen LogP contribution < -0.4 is 4.74 Å². The average molecular weight is 320 g/mol. The fraction of sp³-hybridized carbons (Fsp3) is 0.375. The van der Waals surface area contributed by atoms with Crippen LogP contribution in [0.1, 0.15) is 23.2 Å². The number of carbonyl (C=O) groups excluding carboxylic acids is 2. The highest BCUT2D eigenvalue weighted by Crippen LogP contribution is 2.47. The van der Waals surface area contributed by atoms with E-state index in [4.69, 9.17) is 14.2 Å². The van der Waals surface area contributed by atoms with Gasteiger partial charge in [0.25, 0.3) is 5.60 Å². The van der Waals surface area contributed by atoms with Gasteiger partial charge < -0.3 is 24.4 Å². The normalized spacial score (nSPS) is 26.0.